The van der Waals surface area contributed by atoms with Crippen LogP contribution in [-0.4, -0.2) is 20.9 Å². The number of hydrogen-bond donors (Lipinski definition) is 2. The standard InChI is InChI=1S/C20H16N4O/c1-13-3-2-4-15(11-13)20(25)24-19-16-7-10-22-12-17(16)23-18(19)14-5-8-21-9-6-14/h2-12,23H,1H3,(H,24,25). The molecular weight excluding hydrogens is 312 g/mol. The summed E-state index contributed by atoms with van der Waals surface area (Å²) >= 11 is 0. The number of amides is 1. The molecular formula is C20H16N4O. The second-order valence-electron chi connectivity index (χ2n) is 5.86. The quantitative estimate of drug-likeness (QED) is 0.592. The van der Waals surface area contributed by atoms with Crippen molar-refractivity contribution in [1.29, 1.82) is 0 Å². The molecule has 3 aromatic heterocycles. The van der Waals surface area contributed by atoms with Crippen molar-refractivity contribution in [2.45, 2.75) is 6.92 Å². The molecule has 4 aromatic rings. The molecule has 0 fully saturated rings. The number of nitrogens with one attached hydrogen (secondary N) is 2. The lowest BCUT2D eigenvalue weighted by atomic mass is 10.1. The van der Waals surface area contributed by atoms with Gasteiger partial charge in [-0.25, -0.2) is 0 Å². The molecule has 0 aliphatic rings. The van der Waals surface area contributed by atoms with E-state index in [1.54, 1.807) is 24.8 Å². The van der Waals surface area contributed by atoms with Crippen LogP contribution in [0.3, 0.4) is 0 Å². The third kappa shape index (κ3) is 2.87. The molecule has 5 nitrogen and oxygen atoms in total. The molecule has 0 spiro atoms. The van der Waals surface area contributed by atoms with Crippen LogP contribution in [0.25, 0.3) is 22.2 Å². The summed E-state index contributed by atoms with van der Waals surface area (Å²) in [6.07, 6.45) is 6.92. The summed E-state index contributed by atoms with van der Waals surface area (Å²) in [4.78, 5) is 24.3. The molecule has 25 heavy (non-hydrogen) atoms. The minimum atomic E-state index is -0.142. The zero-order valence-electron chi connectivity index (χ0n) is 13.7. The molecule has 0 saturated heterocycles. The monoisotopic (exact) mass is 328 g/mol. The minimum Gasteiger partial charge on any atom is -0.352 e. The Morgan fingerprint density at radius 3 is 2.64 bits per heavy atom. The SMILES string of the molecule is Cc1cccc(C(=O)Nc2c(-c3ccncc3)[nH]c3cnccc23)c1. The molecule has 0 radical (unpaired) electrons. The molecule has 0 atom stereocenters. The second kappa shape index (κ2) is 6.20. The number of carbonyl (C=O) groups excluding carboxylic acids is 1. The fraction of sp³-hybridized carbons (Fsp3) is 0.0500. The normalized spacial score (nSPS) is 10.8. The molecule has 0 unspecified atom stereocenters. The summed E-state index contributed by atoms with van der Waals surface area (Å²) in [7, 11) is 0. The maximum absolute atomic E-state index is 12.7. The van der Waals surface area contributed by atoms with Crippen LogP contribution in [0.5, 0.6) is 0 Å². The number of nitrogens with zero attached hydrogens (tertiary/aromatic N) is 2. The van der Waals surface area contributed by atoms with E-state index in [1.807, 2.05) is 49.4 Å². The van der Waals surface area contributed by atoms with Gasteiger partial charge in [0.1, 0.15) is 0 Å². The van der Waals surface area contributed by atoms with Gasteiger partial charge in [0.05, 0.1) is 23.1 Å². The first-order chi connectivity index (χ1) is 12.2. The van der Waals surface area contributed by atoms with Gasteiger partial charge in [-0.1, -0.05) is 17.7 Å². The van der Waals surface area contributed by atoms with Crippen LogP contribution in [0.4, 0.5) is 5.69 Å². The fourth-order valence-electron chi connectivity index (χ4n) is 2.88. The Hall–Kier alpha value is -3.47. The average molecular weight is 328 g/mol. The van der Waals surface area contributed by atoms with Gasteiger partial charge in [0.25, 0.3) is 5.91 Å². The molecule has 5 heteroatoms. The van der Waals surface area contributed by atoms with Gasteiger partial charge in [-0.2, -0.15) is 0 Å². The van der Waals surface area contributed by atoms with E-state index in [4.69, 9.17) is 0 Å². The number of aromatic nitrogens is 3. The van der Waals surface area contributed by atoms with E-state index in [-0.39, 0.29) is 5.91 Å². The predicted octanol–water partition coefficient (Wildman–Crippen LogP) is 4.19. The topological polar surface area (TPSA) is 70.7 Å². The van der Waals surface area contributed by atoms with E-state index in [9.17, 15) is 4.79 Å². The summed E-state index contributed by atoms with van der Waals surface area (Å²) in [5.41, 5.74) is 5.08. The van der Waals surface area contributed by atoms with Crippen LogP contribution in [-0.2, 0) is 0 Å². The highest BCUT2D eigenvalue weighted by Gasteiger charge is 2.16. The molecule has 1 amide bonds. The van der Waals surface area contributed by atoms with E-state index < -0.39 is 0 Å². The van der Waals surface area contributed by atoms with Crippen LogP contribution in [0, 0.1) is 6.92 Å². The van der Waals surface area contributed by atoms with Crippen molar-refractivity contribution in [3.05, 3.63) is 78.4 Å². The summed E-state index contributed by atoms with van der Waals surface area (Å²) in [5.74, 6) is -0.142. The first-order valence-electron chi connectivity index (χ1n) is 7.96. The second-order valence-corrected chi connectivity index (χ2v) is 5.86. The number of fused-ring (bicyclic) bond motifs is 1. The smallest absolute Gasteiger partial charge is 0.255 e. The number of rotatable bonds is 3. The largest absolute Gasteiger partial charge is 0.352 e. The minimum absolute atomic E-state index is 0.142. The average Bonchev–Trinajstić information content (AvgIpc) is 3.01. The lowest BCUT2D eigenvalue weighted by Gasteiger charge is -2.08. The first kappa shape index (κ1) is 15.1. The Kier molecular flexibility index (Phi) is 3.74. The van der Waals surface area contributed by atoms with Gasteiger partial charge >= 0.3 is 0 Å². The number of H-pyrrole nitrogens is 1. The van der Waals surface area contributed by atoms with Crippen molar-refractivity contribution in [2.24, 2.45) is 0 Å². The third-order valence-corrected chi connectivity index (χ3v) is 4.09. The summed E-state index contributed by atoms with van der Waals surface area (Å²) in [6.45, 7) is 1.97. The zero-order valence-corrected chi connectivity index (χ0v) is 13.7. The molecule has 0 aliphatic heterocycles. The number of pyridine rings is 2. The van der Waals surface area contributed by atoms with Gasteiger partial charge in [-0.3, -0.25) is 14.8 Å². The van der Waals surface area contributed by atoms with Gasteiger partial charge in [-0.05, 0) is 37.3 Å². The van der Waals surface area contributed by atoms with Gasteiger partial charge in [0, 0.05) is 35.1 Å². The van der Waals surface area contributed by atoms with E-state index in [0.29, 0.717) is 5.56 Å². The molecule has 122 valence electrons. The Morgan fingerprint density at radius 1 is 1.04 bits per heavy atom. The maximum atomic E-state index is 12.7. The molecule has 1 aromatic carbocycles. The van der Waals surface area contributed by atoms with Gasteiger partial charge in [-0.15, -0.1) is 0 Å². The highest BCUT2D eigenvalue weighted by Crippen LogP contribution is 2.34. The van der Waals surface area contributed by atoms with E-state index in [0.717, 1.165) is 33.4 Å². The van der Waals surface area contributed by atoms with Crippen LogP contribution >= 0.6 is 0 Å². The van der Waals surface area contributed by atoms with Gasteiger partial charge in [0.2, 0.25) is 0 Å². The van der Waals surface area contributed by atoms with Crippen molar-refractivity contribution in [3.63, 3.8) is 0 Å². The van der Waals surface area contributed by atoms with E-state index >= 15 is 0 Å². The Morgan fingerprint density at radius 2 is 1.84 bits per heavy atom. The Bertz CT molecular complexity index is 1050. The fourth-order valence-corrected chi connectivity index (χ4v) is 2.88. The van der Waals surface area contributed by atoms with Crippen molar-refractivity contribution < 1.29 is 4.79 Å². The first-order valence-corrected chi connectivity index (χ1v) is 7.96. The summed E-state index contributed by atoms with van der Waals surface area (Å²) in [5, 5.41) is 3.98. The van der Waals surface area contributed by atoms with Crippen LogP contribution in [0.2, 0.25) is 0 Å². The summed E-state index contributed by atoms with van der Waals surface area (Å²) in [6, 6.07) is 13.2. The number of aryl methyl sites for hydroxylation is 1. The third-order valence-electron chi connectivity index (χ3n) is 4.09. The van der Waals surface area contributed by atoms with Gasteiger partial charge in [0.15, 0.2) is 0 Å². The molecule has 0 aliphatic carbocycles. The van der Waals surface area contributed by atoms with Crippen molar-refractivity contribution >= 4 is 22.5 Å². The van der Waals surface area contributed by atoms with Crippen molar-refractivity contribution in [1.82, 2.24) is 15.0 Å². The van der Waals surface area contributed by atoms with Crippen LogP contribution < -0.4 is 5.32 Å². The Balaban J connectivity index is 1.81. The molecule has 3 heterocycles. The molecule has 0 saturated carbocycles. The van der Waals surface area contributed by atoms with Crippen molar-refractivity contribution in [2.75, 3.05) is 5.32 Å². The highest BCUT2D eigenvalue weighted by molar-refractivity contribution is 6.12. The van der Waals surface area contributed by atoms with Crippen molar-refractivity contribution in [3.8, 4) is 11.3 Å². The number of anilines is 1. The lowest BCUT2D eigenvalue weighted by molar-refractivity contribution is 0.102. The number of carbonyl (C=O) groups is 1. The van der Waals surface area contributed by atoms with E-state index in [1.165, 1.54) is 0 Å². The highest BCUT2D eigenvalue weighted by atomic mass is 16.1. The molecule has 4 rings (SSSR count). The van der Waals surface area contributed by atoms with Crippen LogP contribution in [0.15, 0.2) is 67.3 Å². The van der Waals surface area contributed by atoms with E-state index in [2.05, 4.69) is 20.3 Å². The van der Waals surface area contributed by atoms with Gasteiger partial charge < -0.3 is 10.3 Å². The van der Waals surface area contributed by atoms with Crippen LogP contribution in [0.1, 0.15) is 15.9 Å². The Labute approximate surface area is 144 Å². The molecule has 2 N–H and O–H groups in total. The molecule has 0 bridgehead atoms. The zero-order chi connectivity index (χ0) is 17.2. The predicted molar refractivity (Wildman–Crippen MR) is 98.5 cm³/mol. The number of benzene rings is 1. The number of aromatic amines is 1. The summed E-state index contributed by atoms with van der Waals surface area (Å²) < 4.78 is 0. The number of hydrogen-bond acceptors (Lipinski definition) is 3. The maximum Gasteiger partial charge on any atom is 0.255 e. The lowest BCUT2D eigenvalue weighted by Crippen LogP contribution is -2.12.